The Morgan fingerprint density at radius 3 is 2.78 bits per heavy atom. The fourth-order valence-corrected chi connectivity index (χ4v) is 4.40. The lowest BCUT2D eigenvalue weighted by Crippen LogP contribution is -2.03. The van der Waals surface area contributed by atoms with Gasteiger partial charge in [0.1, 0.15) is 5.75 Å². The Hall–Kier alpha value is -1.57. The van der Waals surface area contributed by atoms with Crippen molar-refractivity contribution in [3.05, 3.63) is 52.2 Å². The van der Waals surface area contributed by atoms with Gasteiger partial charge in [-0.05, 0) is 35.6 Å². The number of rotatable bonds is 8. The molecule has 0 atom stereocenters. The Balaban J connectivity index is 1.44. The second kappa shape index (κ2) is 8.33. The summed E-state index contributed by atoms with van der Waals surface area (Å²) in [7, 11) is 1.68. The molecule has 0 aliphatic rings. The summed E-state index contributed by atoms with van der Waals surface area (Å²) in [5.41, 5.74) is 1.25. The highest BCUT2D eigenvalue weighted by atomic mass is 32.2. The van der Waals surface area contributed by atoms with Crippen molar-refractivity contribution in [2.45, 2.75) is 16.5 Å². The quantitative estimate of drug-likeness (QED) is 0.595. The number of aromatic nitrogens is 2. The molecule has 23 heavy (non-hydrogen) atoms. The number of benzene rings is 1. The number of nitrogens with one attached hydrogen (secondary N) is 1. The molecule has 0 radical (unpaired) electrons. The third-order valence-electron chi connectivity index (χ3n) is 3.16. The van der Waals surface area contributed by atoms with Crippen LogP contribution in [0.2, 0.25) is 0 Å². The van der Waals surface area contributed by atoms with Gasteiger partial charge in [-0.25, -0.2) is 0 Å². The second-order valence-corrected chi connectivity index (χ2v) is 8.00. The molecule has 0 spiro atoms. The summed E-state index contributed by atoms with van der Waals surface area (Å²) in [5.74, 6) is 1.76. The molecule has 0 amide bonds. The standard InChI is InChI=1S/C16H17N3OS3/c1-20-13-6-4-12(5-7-13)11-22-16-19-18-15(23-16)17-9-8-14-3-2-10-21-14/h2-7,10H,8-9,11H2,1H3,(H,17,18). The van der Waals surface area contributed by atoms with E-state index in [1.54, 1.807) is 41.5 Å². The minimum Gasteiger partial charge on any atom is -0.497 e. The molecule has 3 rings (SSSR count). The molecule has 7 heteroatoms. The summed E-state index contributed by atoms with van der Waals surface area (Å²) in [6.45, 7) is 0.887. The molecule has 0 saturated heterocycles. The van der Waals surface area contributed by atoms with Gasteiger partial charge < -0.3 is 10.1 Å². The van der Waals surface area contributed by atoms with Crippen LogP contribution in [-0.4, -0.2) is 23.9 Å². The van der Waals surface area contributed by atoms with E-state index in [2.05, 4.69) is 45.2 Å². The number of anilines is 1. The average molecular weight is 364 g/mol. The van der Waals surface area contributed by atoms with Gasteiger partial charge in [-0.1, -0.05) is 41.3 Å². The molecule has 2 aromatic heterocycles. The maximum absolute atomic E-state index is 5.16. The maximum atomic E-state index is 5.16. The van der Waals surface area contributed by atoms with E-state index in [0.29, 0.717) is 0 Å². The summed E-state index contributed by atoms with van der Waals surface area (Å²) in [4.78, 5) is 1.39. The number of thiophene rings is 1. The van der Waals surface area contributed by atoms with Crippen LogP contribution in [0.3, 0.4) is 0 Å². The number of nitrogens with zero attached hydrogens (tertiary/aromatic N) is 2. The fraction of sp³-hybridized carbons (Fsp3) is 0.250. The van der Waals surface area contributed by atoms with Crippen LogP contribution in [-0.2, 0) is 12.2 Å². The third-order valence-corrected chi connectivity index (χ3v) is 6.18. The van der Waals surface area contributed by atoms with Gasteiger partial charge in [-0.2, -0.15) is 0 Å². The molecule has 120 valence electrons. The van der Waals surface area contributed by atoms with E-state index in [0.717, 1.165) is 33.9 Å². The van der Waals surface area contributed by atoms with Gasteiger partial charge in [0.25, 0.3) is 0 Å². The van der Waals surface area contributed by atoms with Crippen molar-refractivity contribution in [2.24, 2.45) is 0 Å². The zero-order chi connectivity index (χ0) is 15.9. The highest BCUT2D eigenvalue weighted by Gasteiger charge is 2.05. The molecule has 0 unspecified atom stereocenters. The second-order valence-electron chi connectivity index (χ2n) is 4.77. The molecule has 0 bridgehead atoms. The van der Waals surface area contributed by atoms with Gasteiger partial charge in [-0.15, -0.1) is 21.5 Å². The molecule has 3 aromatic rings. The highest BCUT2D eigenvalue weighted by molar-refractivity contribution is 8.00. The van der Waals surface area contributed by atoms with Crippen LogP contribution in [0.1, 0.15) is 10.4 Å². The van der Waals surface area contributed by atoms with Crippen molar-refractivity contribution in [1.82, 2.24) is 10.2 Å². The van der Waals surface area contributed by atoms with Crippen molar-refractivity contribution in [1.29, 1.82) is 0 Å². The zero-order valence-corrected chi connectivity index (χ0v) is 15.1. The Morgan fingerprint density at radius 2 is 2.04 bits per heavy atom. The van der Waals surface area contributed by atoms with E-state index in [9.17, 15) is 0 Å². The first-order valence-electron chi connectivity index (χ1n) is 7.19. The largest absolute Gasteiger partial charge is 0.497 e. The fourth-order valence-electron chi connectivity index (χ4n) is 1.95. The predicted molar refractivity (Wildman–Crippen MR) is 99.0 cm³/mol. The van der Waals surface area contributed by atoms with E-state index in [1.165, 1.54) is 10.4 Å². The Kier molecular flexibility index (Phi) is 5.90. The summed E-state index contributed by atoms with van der Waals surface area (Å²) in [6.07, 6.45) is 1.02. The van der Waals surface area contributed by atoms with Crippen LogP contribution in [0.4, 0.5) is 5.13 Å². The van der Waals surface area contributed by atoms with Crippen LogP contribution in [0.5, 0.6) is 5.75 Å². The van der Waals surface area contributed by atoms with Gasteiger partial charge in [-0.3, -0.25) is 0 Å². The molecule has 0 aliphatic heterocycles. The summed E-state index contributed by atoms with van der Waals surface area (Å²) < 4.78 is 6.15. The molecule has 2 heterocycles. The van der Waals surface area contributed by atoms with Crippen LogP contribution in [0.15, 0.2) is 46.1 Å². The number of ether oxygens (including phenoxy) is 1. The molecule has 4 nitrogen and oxygen atoms in total. The van der Waals surface area contributed by atoms with E-state index < -0.39 is 0 Å². The van der Waals surface area contributed by atoms with E-state index in [1.807, 2.05) is 12.1 Å². The number of thioether (sulfide) groups is 1. The average Bonchev–Trinajstić information content (AvgIpc) is 3.25. The lowest BCUT2D eigenvalue weighted by molar-refractivity contribution is 0.414. The number of hydrogen-bond donors (Lipinski definition) is 1. The molecule has 0 saturated carbocycles. The molecule has 0 fully saturated rings. The van der Waals surface area contributed by atoms with Gasteiger partial charge in [0.15, 0.2) is 4.34 Å². The van der Waals surface area contributed by atoms with Crippen molar-refractivity contribution in [3.63, 3.8) is 0 Å². The van der Waals surface area contributed by atoms with Gasteiger partial charge in [0.2, 0.25) is 5.13 Å². The first-order chi connectivity index (χ1) is 11.3. The first-order valence-corrected chi connectivity index (χ1v) is 9.87. The predicted octanol–water partition coefficient (Wildman–Crippen LogP) is 4.56. The van der Waals surface area contributed by atoms with Crippen molar-refractivity contribution >= 4 is 39.6 Å². The summed E-state index contributed by atoms with van der Waals surface area (Å²) >= 11 is 5.10. The van der Waals surface area contributed by atoms with E-state index in [-0.39, 0.29) is 0 Å². The lowest BCUT2D eigenvalue weighted by Gasteiger charge is -2.01. The number of methoxy groups -OCH3 is 1. The Bertz CT molecular complexity index is 711. The molecule has 1 aromatic carbocycles. The molecular weight excluding hydrogens is 346 g/mol. The maximum Gasteiger partial charge on any atom is 0.206 e. The zero-order valence-electron chi connectivity index (χ0n) is 12.7. The third kappa shape index (κ3) is 4.95. The summed E-state index contributed by atoms with van der Waals surface area (Å²) in [5, 5.41) is 14.8. The van der Waals surface area contributed by atoms with Gasteiger partial charge >= 0.3 is 0 Å². The van der Waals surface area contributed by atoms with E-state index in [4.69, 9.17) is 4.74 Å². The lowest BCUT2D eigenvalue weighted by atomic mass is 10.2. The van der Waals surface area contributed by atoms with Gasteiger partial charge in [0, 0.05) is 17.2 Å². The minimum atomic E-state index is 0.881. The SMILES string of the molecule is COc1ccc(CSc2nnc(NCCc3cccs3)s2)cc1. The Morgan fingerprint density at radius 1 is 1.17 bits per heavy atom. The van der Waals surface area contributed by atoms with Crippen molar-refractivity contribution in [2.75, 3.05) is 19.0 Å². The summed E-state index contributed by atoms with van der Waals surface area (Å²) in [6, 6.07) is 12.3. The minimum absolute atomic E-state index is 0.881. The molecule has 1 N–H and O–H groups in total. The highest BCUT2D eigenvalue weighted by Crippen LogP contribution is 2.28. The monoisotopic (exact) mass is 363 g/mol. The van der Waals surface area contributed by atoms with E-state index >= 15 is 0 Å². The Labute approximate surface area is 147 Å². The normalized spacial score (nSPS) is 10.7. The van der Waals surface area contributed by atoms with Crippen molar-refractivity contribution < 1.29 is 4.74 Å². The number of hydrogen-bond acceptors (Lipinski definition) is 7. The topological polar surface area (TPSA) is 47.0 Å². The molecule has 0 aliphatic carbocycles. The first kappa shape index (κ1) is 16.3. The molecular formula is C16H17N3OS3. The van der Waals surface area contributed by atoms with Crippen molar-refractivity contribution in [3.8, 4) is 5.75 Å². The van der Waals surface area contributed by atoms with Crippen LogP contribution >= 0.6 is 34.4 Å². The van der Waals surface area contributed by atoms with Crippen LogP contribution in [0, 0.1) is 0 Å². The smallest absolute Gasteiger partial charge is 0.206 e. The van der Waals surface area contributed by atoms with Crippen LogP contribution in [0.25, 0.3) is 0 Å². The van der Waals surface area contributed by atoms with Gasteiger partial charge in [0.05, 0.1) is 7.11 Å². The van der Waals surface area contributed by atoms with Crippen LogP contribution < -0.4 is 10.1 Å².